The van der Waals surface area contributed by atoms with Gasteiger partial charge in [0.05, 0.1) is 10.7 Å². The Kier molecular flexibility index (Phi) is 6.10. The van der Waals surface area contributed by atoms with Crippen LogP contribution in [-0.4, -0.2) is 41.3 Å². The van der Waals surface area contributed by atoms with Crippen molar-refractivity contribution in [2.24, 2.45) is 11.8 Å². The summed E-state index contributed by atoms with van der Waals surface area (Å²) >= 11 is 1.70. The van der Waals surface area contributed by atoms with Crippen LogP contribution in [0.25, 0.3) is 0 Å². The first-order chi connectivity index (χ1) is 12.1. The maximum Gasteiger partial charge on any atom is 0.226 e. The van der Waals surface area contributed by atoms with Crippen molar-refractivity contribution in [3.8, 4) is 0 Å². The van der Waals surface area contributed by atoms with Crippen LogP contribution in [0.2, 0.25) is 0 Å². The molecule has 2 atom stereocenters. The molecule has 2 fully saturated rings. The van der Waals surface area contributed by atoms with Crippen LogP contribution in [0.4, 0.5) is 0 Å². The molecule has 1 saturated heterocycles. The van der Waals surface area contributed by atoms with Crippen LogP contribution in [0.5, 0.6) is 0 Å². The van der Waals surface area contributed by atoms with Crippen molar-refractivity contribution in [2.75, 3.05) is 19.6 Å². The Bertz CT molecular complexity index is 603. The summed E-state index contributed by atoms with van der Waals surface area (Å²) in [6.07, 6.45) is 6.77. The third-order valence-corrected chi connectivity index (χ3v) is 6.68. The number of rotatable bonds is 5. The molecule has 0 aromatic carbocycles. The first-order valence-electron chi connectivity index (χ1n) is 9.55. The van der Waals surface area contributed by atoms with E-state index in [1.54, 1.807) is 11.3 Å². The van der Waals surface area contributed by atoms with E-state index in [4.69, 9.17) is 0 Å². The fourth-order valence-corrected chi connectivity index (χ4v) is 4.92. The van der Waals surface area contributed by atoms with E-state index >= 15 is 0 Å². The third-order valence-electron chi connectivity index (χ3n) is 5.55. The molecule has 1 saturated carbocycles. The third kappa shape index (κ3) is 4.40. The maximum atomic E-state index is 12.8. The Morgan fingerprint density at radius 1 is 1.12 bits per heavy atom. The average molecular weight is 364 g/mol. The lowest BCUT2D eigenvalue weighted by Gasteiger charge is -2.32. The van der Waals surface area contributed by atoms with Crippen molar-refractivity contribution in [1.82, 2.24) is 15.2 Å². The van der Waals surface area contributed by atoms with Gasteiger partial charge in [0.2, 0.25) is 11.8 Å². The molecule has 0 radical (unpaired) electrons. The van der Waals surface area contributed by atoms with Crippen LogP contribution in [0, 0.1) is 25.7 Å². The molecule has 1 aliphatic carbocycles. The Hall–Kier alpha value is -1.43. The summed E-state index contributed by atoms with van der Waals surface area (Å²) in [5, 5.41) is 4.13. The van der Waals surface area contributed by atoms with Gasteiger partial charge in [-0.3, -0.25) is 9.59 Å². The number of likely N-dealkylation sites (tertiary alicyclic amines) is 1. The van der Waals surface area contributed by atoms with Crippen LogP contribution in [0.15, 0.2) is 0 Å². The molecular formula is C19H29N3O2S. The number of nitrogens with zero attached hydrogens (tertiary/aromatic N) is 2. The van der Waals surface area contributed by atoms with Gasteiger partial charge in [0, 0.05) is 42.8 Å². The number of hydrogen-bond acceptors (Lipinski definition) is 4. The van der Waals surface area contributed by atoms with Gasteiger partial charge >= 0.3 is 0 Å². The largest absolute Gasteiger partial charge is 0.355 e. The zero-order chi connectivity index (χ0) is 17.8. The van der Waals surface area contributed by atoms with E-state index in [1.165, 1.54) is 4.88 Å². The molecular weight excluding hydrogens is 334 g/mol. The fourth-order valence-electron chi connectivity index (χ4n) is 3.98. The molecule has 2 aliphatic rings. The monoisotopic (exact) mass is 363 g/mol. The SMILES string of the molecule is Cc1nc(CCNC(=O)[C@H]2CCCC[C@H]2C(=O)N2CCCC2)sc1C. The second kappa shape index (κ2) is 8.30. The molecule has 2 heterocycles. The van der Waals surface area contributed by atoms with E-state index in [9.17, 15) is 9.59 Å². The van der Waals surface area contributed by atoms with Gasteiger partial charge in [-0.05, 0) is 39.5 Å². The molecule has 1 aromatic heterocycles. The van der Waals surface area contributed by atoms with Crippen LogP contribution >= 0.6 is 11.3 Å². The van der Waals surface area contributed by atoms with Crippen molar-refractivity contribution in [3.63, 3.8) is 0 Å². The number of aryl methyl sites for hydroxylation is 2. The van der Waals surface area contributed by atoms with Crippen molar-refractivity contribution in [3.05, 3.63) is 15.6 Å². The van der Waals surface area contributed by atoms with E-state index in [2.05, 4.69) is 17.2 Å². The average Bonchev–Trinajstić information content (AvgIpc) is 3.25. The van der Waals surface area contributed by atoms with Crippen LogP contribution < -0.4 is 5.32 Å². The minimum Gasteiger partial charge on any atom is -0.355 e. The Balaban J connectivity index is 1.54. The summed E-state index contributed by atoms with van der Waals surface area (Å²) in [6.45, 7) is 6.43. The number of nitrogens with one attached hydrogen (secondary N) is 1. The van der Waals surface area contributed by atoms with Crippen LogP contribution in [0.3, 0.4) is 0 Å². The summed E-state index contributed by atoms with van der Waals surface area (Å²) in [7, 11) is 0. The molecule has 0 spiro atoms. The van der Waals surface area contributed by atoms with Crippen LogP contribution in [0.1, 0.15) is 54.1 Å². The molecule has 138 valence electrons. The number of carbonyl (C=O) groups is 2. The van der Waals surface area contributed by atoms with Crippen molar-refractivity contribution < 1.29 is 9.59 Å². The number of aromatic nitrogens is 1. The highest BCUT2D eigenvalue weighted by Gasteiger charge is 2.38. The minimum absolute atomic E-state index is 0.0576. The van der Waals surface area contributed by atoms with E-state index in [0.29, 0.717) is 6.54 Å². The second-order valence-corrected chi connectivity index (χ2v) is 8.61. The van der Waals surface area contributed by atoms with Gasteiger partial charge in [0.15, 0.2) is 0 Å². The van der Waals surface area contributed by atoms with Gasteiger partial charge in [-0.2, -0.15) is 0 Å². The predicted octanol–water partition coefficient (Wildman–Crippen LogP) is 2.85. The smallest absolute Gasteiger partial charge is 0.226 e. The quantitative estimate of drug-likeness (QED) is 0.875. The van der Waals surface area contributed by atoms with E-state index in [1.807, 2.05) is 11.8 Å². The van der Waals surface area contributed by atoms with Gasteiger partial charge in [-0.25, -0.2) is 4.98 Å². The highest BCUT2D eigenvalue weighted by atomic mass is 32.1. The van der Waals surface area contributed by atoms with Crippen molar-refractivity contribution in [2.45, 2.75) is 58.8 Å². The molecule has 0 unspecified atom stereocenters. The molecule has 1 aromatic rings. The molecule has 5 nitrogen and oxygen atoms in total. The fraction of sp³-hybridized carbons (Fsp3) is 0.737. The Morgan fingerprint density at radius 2 is 1.80 bits per heavy atom. The lowest BCUT2D eigenvalue weighted by Crippen LogP contribution is -2.45. The van der Waals surface area contributed by atoms with Gasteiger partial charge in [-0.15, -0.1) is 11.3 Å². The summed E-state index contributed by atoms with van der Waals surface area (Å²) in [5.74, 6) is 0.00332. The summed E-state index contributed by atoms with van der Waals surface area (Å²) in [6, 6.07) is 0. The molecule has 0 bridgehead atoms. The first-order valence-corrected chi connectivity index (χ1v) is 10.4. The molecule has 1 aliphatic heterocycles. The van der Waals surface area contributed by atoms with Gasteiger partial charge in [0.1, 0.15) is 0 Å². The molecule has 25 heavy (non-hydrogen) atoms. The zero-order valence-electron chi connectivity index (χ0n) is 15.3. The molecule has 1 N–H and O–H groups in total. The Labute approximate surface area is 154 Å². The zero-order valence-corrected chi connectivity index (χ0v) is 16.2. The first kappa shape index (κ1) is 18.4. The van der Waals surface area contributed by atoms with Gasteiger partial charge in [-0.1, -0.05) is 12.8 Å². The number of thiazole rings is 1. The summed E-state index contributed by atoms with van der Waals surface area (Å²) in [5.41, 5.74) is 1.08. The molecule has 2 amide bonds. The van der Waals surface area contributed by atoms with Crippen molar-refractivity contribution >= 4 is 23.2 Å². The second-order valence-electron chi connectivity index (χ2n) is 7.32. The minimum atomic E-state index is -0.151. The highest BCUT2D eigenvalue weighted by molar-refractivity contribution is 7.11. The highest BCUT2D eigenvalue weighted by Crippen LogP contribution is 2.32. The topological polar surface area (TPSA) is 62.3 Å². The normalized spacial score (nSPS) is 23.7. The van der Waals surface area contributed by atoms with E-state index in [-0.39, 0.29) is 23.7 Å². The van der Waals surface area contributed by atoms with Crippen LogP contribution in [-0.2, 0) is 16.0 Å². The molecule has 6 heteroatoms. The van der Waals surface area contributed by atoms with Crippen molar-refractivity contribution in [1.29, 1.82) is 0 Å². The maximum absolute atomic E-state index is 12.8. The standard InChI is InChI=1S/C19H29N3O2S/c1-13-14(2)25-17(21-13)9-10-20-18(23)15-7-3-4-8-16(15)19(24)22-11-5-6-12-22/h15-16H,3-12H2,1-2H3,(H,20,23)/t15-,16+/m0/s1. The summed E-state index contributed by atoms with van der Waals surface area (Å²) < 4.78 is 0. The molecule has 3 rings (SSSR count). The van der Waals surface area contributed by atoms with E-state index in [0.717, 1.165) is 68.7 Å². The van der Waals surface area contributed by atoms with E-state index < -0.39 is 0 Å². The number of carbonyl (C=O) groups excluding carboxylic acids is 2. The lowest BCUT2D eigenvalue weighted by atomic mass is 9.78. The number of amides is 2. The predicted molar refractivity (Wildman–Crippen MR) is 99.6 cm³/mol. The summed E-state index contributed by atoms with van der Waals surface area (Å²) in [4.78, 5) is 33.2. The lowest BCUT2D eigenvalue weighted by molar-refractivity contribution is -0.142. The van der Waals surface area contributed by atoms with Gasteiger partial charge < -0.3 is 10.2 Å². The Morgan fingerprint density at radius 3 is 2.44 bits per heavy atom. The number of hydrogen-bond donors (Lipinski definition) is 1. The van der Waals surface area contributed by atoms with Gasteiger partial charge in [0.25, 0.3) is 0 Å².